The van der Waals surface area contributed by atoms with Crippen LogP contribution in [0, 0.1) is 0 Å². The highest BCUT2D eigenvalue weighted by molar-refractivity contribution is 5.75. The van der Waals surface area contributed by atoms with E-state index in [1.165, 1.54) is 0 Å². The molecule has 2 aromatic heterocycles. The summed E-state index contributed by atoms with van der Waals surface area (Å²) in [6.45, 7) is 4.88. The van der Waals surface area contributed by atoms with Crippen molar-refractivity contribution in [2.24, 2.45) is 0 Å². The SMILES string of the molecule is CN(Cc1ccc(-n2cccn2)cc1)C(=O)CCn1nnnc1CN1CCOCC1. The Morgan fingerprint density at radius 1 is 1.20 bits per heavy atom. The third-order valence-electron chi connectivity index (χ3n) is 5.16. The van der Waals surface area contributed by atoms with E-state index in [1.807, 2.05) is 43.6 Å². The van der Waals surface area contributed by atoms with Crippen LogP contribution >= 0.6 is 0 Å². The Morgan fingerprint density at radius 3 is 2.73 bits per heavy atom. The van der Waals surface area contributed by atoms with Crippen LogP contribution in [0.5, 0.6) is 0 Å². The number of benzene rings is 1. The predicted octanol–water partition coefficient (Wildman–Crippen LogP) is 0.740. The molecule has 1 fully saturated rings. The predicted molar refractivity (Wildman–Crippen MR) is 109 cm³/mol. The highest BCUT2D eigenvalue weighted by Gasteiger charge is 2.16. The second kappa shape index (κ2) is 9.59. The fourth-order valence-electron chi connectivity index (χ4n) is 3.40. The molecule has 1 amide bonds. The molecule has 0 radical (unpaired) electrons. The van der Waals surface area contributed by atoms with Crippen molar-refractivity contribution >= 4 is 5.91 Å². The lowest BCUT2D eigenvalue weighted by Gasteiger charge is -2.25. The zero-order valence-electron chi connectivity index (χ0n) is 17.1. The average molecular weight is 410 g/mol. The molecule has 0 unspecified atom stereocenters. The lowest BCUT2D eigenvalue weighted by Crippen LogP contribution is -2.36. The maximum Gasteiger partial charge on any atom is 0.224 e. The van der Waals surface area contributed by atoms with Crippen molar-refractivity contribution in [2.45, 2.75) is 26.1 Å². The Labute approximate surface area is 175 Å². The van der Waals surface area contributed by atoms with Gasteiger partial charge in [-0.1, -0.05) is 12.1 Å². The molecule has 3 aromatic rings. The Balaban J connectivity index is 1.27. The number of nitrogens with zero attached hydrogens (tertiary/aromatic N) is 8. The molecule has 0 saturated carbocycles. The molecule has 0 spiro atoms. The summed E-state index contributed by atoms with van der Waals surface area (Å²) in [5.74, 6) is 0.834. The van der Waals surface area contributed by atoms with Crippen LogP contribution in [0.15, 0.2) is 42.7 Å². The van der Waals surface area contributed by atoms with Crippen molar-refractivity contribution in [2.75, 3.05) is 33.4 Å². The summed E-state index contributed by atoms with van der Waals surface area (Å²) < 4.78 is 8.90. The summed E-state index contributed by atoms with van der Waals surface area (Å²) in [4.78, 5) is 16.6. The van der Waals surface area contributed by atoms with Gasteiger partial charge in [0.25, 0.3) is 0 Å². The molecule has 1 aromatic carbocycles. The van der Waals surface area contributed by atoms with Crippen LogP contribution in [0.2, 0.25) is 0 Å². The van der Waals surface area contributed by atoms with Crippen LogP contribution in [0.3, 0.4) is 0 Å². The molecule has 0 N–H and O–H groups in total. The Kier molecular flexibility index (Phi) is 6.45. The van der Waals surface area contributed by atoms with Gasteiger partial charge in [-0.15, -0.1) is 5.10 Å². The second-order valence-corrected chi connectivity index (χ2v) is 7.32. The van der Waals surface area contributed by atoms with Crippen LogP contribution in [0.4, 0.5) is 0 Å². The maximum atomic E-state index is 12.6. The molecule has 158 valence electrons. The van der Waals surface area contributed by atoms with E-state index in [1.54, 1.807) is 20.5 Å². The molecule has 3 heterocycles. The minimum atomic E-state index is 0.0546. The zero-order valence-corrected chi connectivity index (χ0v) is 17.1. The lowest BCUT2D eigenvalue weighted by atomic mass is 10.2. The van der Waals surface area contributed by atoms with Crippen molar-refractivity contribution in [1.82, 2.24) is 39.8 Å². The van der Waals surface area contributed by atoms with Crippen LogP contribution < -0.4 is 0 Å². The zero-order chi connectivity index (χ0) is 20.8. The van der Waals surface area contributed by atoms with Gasteiger partial charge in [0.15, 0.2) is 5.82 Å². The molecule has 1 aliphatic rings. The molecule has 10 nitrogen and oxygen atoms in total. The van der Waals surface area contributed by atoms with Gasteiger partial charge in [0.05, 0.1) is 32.0 Å². The first-order valence-corrected chi connectivity index (χ1v) is 10.1. The third-order valence-corrected chi connectivity index (χ3v) is 5.16. The summed E-state index contributed by atoms with van der Waals surface area (Å²) in [7, 11) is 1.82. The fraction of sp³-hybridized carbons (Fsp3) is 0.450. The summed E-state index contributed by atoms with van der Waals surface area (Å²) in [6, 6.07) is 9.92. The number of tetrazole rings is 1. The number of hydrogen-bond donors (Lipinski definition) is 0. The standard InChI is InChI=1S/C20H26N8O2/c1-25(15-17-3-5-18(6-4-17)27-9-2-8-21-27)20(29)7-10-28-19(22-23-24-28)16-26-11-13-30-14-12-26/h2-6,8-9H,7,10-16H2,1H3. The number of rotatable bonds is 8. The number of morpholine rings is 1. The molecule has 1 aliphatic heterocycles. The van der Waals surface area contributed by atoms with Gasteiger partial charge in [0, 0.05) is 45.5 Å². The lowest BCUT2D eigenvalue weighted by molar-refractivity contribution is -0.130. The number of ether oxygens (including phenoxy) is 1. The van der Waals surface area contributed by atoms with E-state index in [9.17, 15) is 4.79 Å². The monoisotopic (exact) mass is 410 g/mol. The third kappa shape index (κ3) is 5.08. The van der Waals surface area contributed by atoms with Crippen LogP contribution in [-0.2, 0) is 29.2 Å². The van der Waals surface area contributed by atoms with Gasteiger partial charge in [-0.25, -0.2) is 9.36 Å². The fourth-order valence-corrected chi connectivity index (χ4v) is 3.40. The number of hydrogen-bond acceptors (Lipinski definition) is 7. The smallest absolute Gasteiger partial charge is 0.224 e. The number of aromatic nitrogens is 6. The first kappa shape index (κ1) is 20.2. The summed E-state index contributed by atoms with van der Waals surface area (Å²) in [5, 5.41) is 16.2. The highest BCUT2D eigenvalue weighted by atomic mass is 16.5. The van der Waals surface area contributed by atoms with Crippen LogP contribution in [-0.4, -0.2) is 79.0 Å². The minimum absolute atomic E-state index is 0.0546. The van der Waals surface area contributed by atoms with Crippen molar-refractivity contribution in [3.8, 4) is 5.69 Å². The molecule has 0 aliphatic carbocycles. The normalized spacial score (nSPS) is 14.7. The molecule has 30 heavy (non-hydrogen) atoms. The molecular weight excluding hydrogens is 384 g/mol. The number of carbonyl (C=O) groups excluding carboxylic acids is 1. The van der Waals surface area contributed by atoms with E-state index in [0.29, 0.717) is 26.1 Å². The summed E-state index contributed by atoms with van der Waals surface area (Å²) >= 11 is 0. The van der Waals surface area contributed by atoms with E-state index < -0.39 is 0 Å². The number of carbonyl (C=O) groups is 1. The molecule has 1 saturated heterocycles. The van der Waals surface area contributed by atoms with Gasteiger partial charge in [-0.3, -0.25) is 9.69 Å². The van der Waals surface area contributed by atoms with E-state index in [-0.39, 0.29) is 5.91 Å². The van der Waals surface area contributed by atoms with E-state index in [2.05, 4.69) is 25.5 Å². The maximum absolute atomic E-state index is 12.6. The minimum Gasteiger partial charge on any atom is -0.379 e. The molecule has 10 heteroatoms. The second-order valence-electron chi connectivity index (χ2n) is 7.32. The number of aryl methyl sites for hydroxylation is 1. The molecule has 0 bridgehead atoms. The van der Waals surface area contributed by atoms with Crippen molar-refractivity contribution < 1.29 is 9.53 Å². The van der Waals surface area contributed by atoms with Gasteiger partial charge in [-0.2, -0.15) is 5.10 Å². The highest BCUT2D eigenvalue weighted by Crippen LogP contribution is 2.11. The Hall–Kier alpha value is -3.11. The van der Waals surface area contributed by atoms with E-state index >= 15 is 0 Å². The van der Waals surface area contributed by atoms with E-state index in [4.69, 9.17) is 4.74 Å². The number of amides is 1. The van der Waals surface area contributed by atoms with E-state index in [0.717, 1.165) is 43.4 Å². The average Bonchev–Trinajstić information content (AvgIpc) is 3.46. The largest absolute Gasteiger partial charge is 0.379 e. The molecular formula is C20H26N8O2. The van der Waals surface area contributed by atoms with Crippen LogP contribution in [0.1, 0.15) is 17.8 Å². The van der Waals surface area contributed by atoms with Gasteiger partial charge >= 0.3 is 0 Å². The first-order valence-electron chi connectivity index (χ1n) is 10.1. The summed E-state index contributed by atoms with van der Waals surface area (Å²) in [6.07, 6.45) is 4.00. The van der Waals surface area contributed by atoms with Crippen molar-refractivity contribution in [3.05, 3.63) is 54.1 Å². The Morgan fingerprint density at radius 2 is 2.00 bits per heavy atom. The van der Waals surface area contributed by atoms with Gasteiger partial charge in [0.2, 0.25) is 5.91 Å². The Bertz CT molecular complexity index is 932. The van der Waals surface area contributed by atoms with Gasteiger partial charge in [-0.05, 0) is 34.2 Å². The quantitative estimate of drug-likeness (QED) is 0.541. The topological polar surface area (TPSA) is 94.2 Å². The van der Waals surface area contributed by atoms with Gasteiger partial charge in [0.1, 0.15) is 0 Å². The van der Waals surface area contributed by atoms with Crippen LogP contribution in [0.25, 0.3) is 5.69 Å². The van der Waals surface area contributed by atoms with Crippen molar-refractivity contribution in [3.63, 3.8) is 0 Å². The first-order chi connectivity index (χ1) is 14.7. The van der Waals surface area contributed by atoms with Gasteiger partial charge < -0.3 is 9.64 Å². The summed E-state index contributed by atoms with van der Waals surface area (Å²) in [5.41, 5.74) is 2.06. The molecule has 4 rings (SSSR count). The molecule has 0 atom stereocenters. The van der Waals surface area contributed by atoms with Crippen molar-refractivity contribution in [1.29, 1.82) is 0 Å².